The van der Waals surface area contributed by atoms with Crippen molar-refractivity contribution in [3.63, 3.8) is 0 Å². The number of likely N-dealkylation sites (tertiary alicyclic amines) is 1. The van der Waals surface area contributed by atoms with E-state index in [2.05, 4.69) is 10.6 Å². The van der Waals surface area contributed by atoms with Crippen LogP contribution >= 0.6 is 0 Å². The molecule has 1 aliphatic rings. The monoisotopic (exact) mass is 290 g/mol. The molecule has 1 aliphatic heterocycles. The molecular formula is C15H22N4O2. The molecule has 114 valence electrons. The van der Waals surface area contributed by atoms with E-state index in [0.29, 0.717) is 18.8 Å². The normalized spacial score (nSPS) is 19.0. The summed E-state index contributed by atoms with van der Waals surface area (Å²) >= 11 is 0. The summed E-state index contributed by atoms with van der Waals surface area (Å²) in [6, 6.07) is 7.05. The number of nitrogen functional groups attached to an aromatic ring is 1. The van der Waals surface area contributed by atoms with E-state index in [1.807, 2.05) is 4.90 Å². The number of hydrogen-bond acceptors (Lipinski definition) is 4. The molecule has 6 nitrogen and oxygen atoms in total. The van der Waals surface area contributed by atoms with E-state index < -0.39 is 0 Å². The quantitative estimate of drug-likeness (QED) is 0.711. The third kappa shape index (κ3) is 4.46. The number of nitrogens with one attached hydrogen (secondary N) is 2. The van der Waals surface area contributed by atoms with Crippen molar-refractivity contribution in [2.75, 3.05) is 37.7 Å². The molecule has 1 unspecified atom stereocenters. The first-order valence-electron chi connectivity index (χ1n) is 7.18. The molecule has 1 heterocycles. The first-order valence-corrected chi connectivity index (χ1v) is 7.18. The second-order valence-electron chi connectivity index (χ2n) is 5.36. The predicted octanol–water partition coefficient (Wildman–Crippen LogP) is 0.665. The van der Waals surface area contributed by atoms with Crippen LogP contribution in [0.3, 0.4) is 0 Å². The Morgan fingerprint density at radius 3 is 2.71 bits per heavy atom. The Morgan fingerprint density at radius 2 is 2.05 bits per heavy atom. The maximum Gasteiger partial charge on any atom is 0.238 e. The van der Waals surface area contributed by atoms with Crippen molar-refractivity contribution >= 4 is 23.2 Å². The van der Waals surface area contributed by atoms with E-state index in [1.165, 1.54) is 0 Å². The van der Waals surface area contributed by atoms with Crippen molar-refractivity contribution < 1.29 is 9.59 Å². The summed E-state index contributed by atoms with van der Waals surface area (Å²) in [5.41, 5.74) is 7.00. The maximum atomic E-state index is 12.0. The van der Waals surface area contributed by atoms with E-state index >= 15 is 0 Å². The number of nitrogens with two attached hydrogens (primary N) is 1. The highest BCUT2D eigenvalue weighted by molar-refractivity contribution is 5.92. The number of nitrogens with zero attached hydrogens (tertiary/aromatic N) is 1. The van der Waals surface area contributed by atoms with E-state index in [4.69, 9.17) is 5.73 Å². The van der Waals surface area contributed by atoms with Gasteiger partial charge in [0.05, 0.1) is 12.5 Å². The lowest BCUT2D eigenvalue weighted by Crippen LogP contribution is -2.44. The lowest BCUT2D eigenvalue weighted by Gasteiger charge is -2.31. The van der Waals surface area contributed by atoms with E-state index in [0.717, 1.165) is 25.1 Å². The lowest BCUT2D eigenvalue weighted by atomic mass is 9.97. The highest BCUT2D eigenvalue weighted by Gasteiger charge is 2.25. The number of benzene rings is 1. The Labute approximate surface area is 124 Å². The van der Waals surface area contributed by atoms with Crippen molar-refractivity contribution in [2.45, 2.75) is 12.8 Å². The maximum absolute atomic E-state index is 12.0. The predicted molar refractivity (Wildman–Crippen MR) is 82.7 cm³/mol. The Morgan fingerprint density at radius 1 is 1.33 bits per heavy atom. The zero-order valence-corrected chi connectivity index (χ0v) is 12.3. The average molecular weight is 290 g/mol. The van der Waals surface area contributed by atoms with E-state index in [9.17, 15) is 9.59 Å². The van der Waals surface area contributed by atoms with E-state index in [1.54, 1.807) is 31.3 Å². The SMILES string of the molecule is CNC(=O)C1CCCN(CC(=O)Nc2ccc(N)cc2)C1. The van der Waals surface area contributed by atoms with Gasteiger partial charge in [-0.05, 0) is 43.7 Å². The minimum Gasteiger partial charge on any atom is -0.399 e. The molecule has 2 amide bonds. The van der Waals surface area contributed by atoms with Gasteiger partial charge in [0.15, 0.2) is 0 Å². The van der Waals surface area contributed by atoms with Crippen LogP contribution in [-0.2, 0) is 9.59 Å². The topological polar surface area (TPSA) is 87.5 Å². The molecule has 0 aliphatic carbocycles. The minimum atomic E-state index is -0.0719. The van der Waals surface area contributed by atoms with Gasteiger partial charge < -0.3 is 16.4 Å². The third-order valence-corrected chi connectivity index (χ3v) is 3.68. The number of amides is 2. The first-order chi connectivity index (χ1) is 10.1. The smallest absolute Gasteiger partial charge is 0.238 e. The van der Waals surface area contributed by atoms with Crippen LogP contribution in [0, 0.1) is 5.92 Å². The third-order valence-electron chi connectivity index (χ3n) is 3.68. The molecule has 0 aromatic heterocycles. The van der Waals surface area contributed by atoms with Crippen LogP contribution in [-0.4, -0.2) is 43.4 Å². The van der Waals surface area contributed by atoms with Crippen molar-refractivity contribution in [2.24, 2.45) is 5.92 Å². The number of hydrogen-bond donors (Lipinski definition) is 3. The average Bonchev–Trinajstić information content (AvgIpc) is 2.49. The van der Waals surface area contributed by atoms with Crippen molar-refractivity contribution in [3.05, 3.63) is 24.3 Å². The molecule has 0 radical (unpaired) electrons. The Kier molecular flexibility index (Phi) is 5.16. The Bertz CT molecular complexity index is 501. The van der Waals surface area contributed by atoms with E-state index in [-0.39, 0.29) is 17.7 Å². The summed E-state index contributed by atoms with van der Waals surface area (Å²) in [6.07, 6.45) is 1.82. The van der Waals surface area contributed by atoms with Gasteiger partial charge in [-0.2, -0.15) is 0 Å². The van der Waals surface area contributed by atoms with Gasteiger partial charge in [0.2, 0.25) is 11.8 Å². The van der Waals surface area contributed by atoms with Gasteiger partial charge in [0.1, 0.15) is 0 Å². The molecule has 21 heavy (non-hydrogen) atoms. The van der Waals surface area contributed by atoms with Gasteiger partial charge >= 0.3 is 0 Å². The van der Waals surface area contributed by atoms with Crippen LogP contribution in [0.25, 0.3) is 0 Å². The molecule has 1 atom stereocenters. The Balaban J connectivity index is 1.84. The molecule has 4 N–H and O–H groups in total. The van der Waals surface area contributed by atoms with Crippen molar-refractivity contribution in [1.82, 2.24) is 10.2 Å². The number of carbonyl (C=O) groups excluding carboxylic acids is 2. The number of rotatable bonds is 4. The van der Waals surface area contributed by atoms with Gasteiger partial charge in [-0.1, -0.05) is 0 Å². The highest BCUT2D eigenvalue weighted by atomic mass is 16.2. The van der Waals surface area contributed by atoms with Crippen LogP contribution in [0.2, 0.25) is 0 Å². The summed E-state index contributed by atoms with van der Waals surface area (Å²) in [6.45, 7) is 1.79. The molecule has 1 saturated heterocycles. The lowest BCUT2D eigenvalue weighted by molar-refractivity contribution is -0.127. The van der Waals surface area contributed by atoms with Crippen LogP contribution in [0.5, 0.6) is 0 Å². The van der Waals surface area contributed by atoms with Gasteiger partial charge in [-0.3, -0.25) is 14.5 Å². The summed E-state index contributed by atoms with van der Waals surface area (Å²) in [7, 11) is 1.65. The van der Waals surface area contributed by atoms with Crippen molar-refractivity contribution in [3.8, 4) is 0 Å². The summed E-state index contributed by atoms with van der Waals surface area (Å²) in [5, 5.41) is 5.51. The zero-order chi connectivity index (χ0) is 15.2. The van der Waals surface area contributed by atoms with Gasteiger partial charge in [-0.25, -0.2) is 0 Å². The number of carbonyl (C=O) groups is 2. The van der Waals surface area contributed by atoms with Crippen LogP contribution < -0.4 is 16.4 Å². The number of piperidine rings is 1. The molecular weight excluding hydrogens is 268 g/mol. The largest absolute Gasteiger partial charge is 0.399 e. The summed E-state index contributed by atoms with van der Waals surface area (Å²) in [5.74, 6) is -0.0379. The highest BCUT2D eigenvalue weighted by Crippen LogP contribution is 2.16. The summed E-state index contributed by atoms with van der Waals surface area (Å²) in [4.78, 5) is 25.7. The van der Waals surface area contributed by atoms with Crippen molar-refractivity contribution in [1.29, 1.82) is 0 Å². The van der Waals surface area contributed by atoms with Gasteiger partial charge in [-0.15, -0.1) is 0 Å². The fourth-order valence-electron chi connectivity index (χ4n) is 2.59. The van der Waals surface area contributed by atoms with Gasteiger partial charge in [0.25, 0.3) is 0 Å². The van der Waals surface area contributed by atoms with Crippen LogP contribution in [0.4, 0.5) is 11.4 Å². The molecule has 1 aromatic carbocycles. The summed E-state index contributed by atoms with van der Waals surface area (Å²) < 4.78 is 0. The molecule has 0 bridgehead atoms. The van der Waals surface area contributed by atoms with Crippen LogP contribution in [0.1, 0.15) is 12.8 Å². The fourth-order valence-corrected chi connectivity index (χ4v) is 2.59. The zero-order valence-electron chi connectivity index (χ0n) is 12.3. The second-order valence-corrected chi connectivity index (χ2v) is 5.36. The number of anilines is 2. The molecule has 0 spiro atoms. The molecule has 1 aromatic rings. The minimum absolute atomic E-state index is 0.0203. The molecule has 6 heteroatoms. The van der Waals surface area contributed by atoms with Gasteiger partial charge in [0, 0.05) is 25.0 Å². The Hall–Kier alpha value is -2.08. The standard InChI is InChI=1S/C15H22N4O2/c1-17-15(21)11-3-2-8-19(9-11)10-14(20)18-13-6-4-12(16)5-7-13/h4-7,11H,2-3,8-10,16H2,1H3,(H,17,21)(H,18,20). The van der Waals surface area contributed by atoms with Crippen LogP contribution in [0.15, 0.2) is 24.3 Å². The molecule has 1 fully saturated rings. The first kappa shape index (κ1) is 15.3. The molecule has 2 rings (SSSR count). The molecule has 0 saturated carbocycles. The fraction of sp³-hybridized carbons (Fsp3) is 0.467. The second kappa shape index (κ2) is 7.08.